The van der Waals surface area contributed by atoms with Crippen LogP contribution in [0.3, 0.4) is 0 Å². The van der Waals surface area contributed by atoms with E-state index in [1.165, 1.54) is 14.0 Å². The molecule has 0 aliphatic heterocycles. The molecule has 1 fully saturated rings. The van der Waals surface area contributed by atoms with Crippen molar-refractivity contribution in [3.05, 3.63) is 12.2 Å². The summed E-state index contributed by atoms with van der Waals surface area (Å²) in [6.45, 7) is 3.18. The highest BCUT2D eigenvalue weighted by Gasteiger charge is 2.38. The molecule has 0 aromatic rings. The molecular weight excluding hydrogens is 394 g/mol. The van der Waals surface area contributed by atoms with E-state index in [2.05, 4.69) is 4.74 Å². The van der Waals surface area contributed by atoms with Crippen molar-refractivity contribution in [1.82, 2.24) is 0 Å². The van der Waals surface area contributed by atoms with Crippen molar-refractivity contribution >= 4 is 17.7 Å². The van der Waals surface area contributed by atoms with Crippen LogP contribution in [0.25, 0.3) is 0 Å². The first-order chi connectivity index (χ1) is 14.2. The van der Waals surface area contributed by atoms with Crippen LogP contribution in [0.2, 0.25) is 0 Å². The lowest BCUT2D eigenvalue weighted by Crippen LogP contribution is -2.27. The van der Waals surface area contributed by atoms with E-state index < -0.39 is 18.1 Å². The van der Waals surface area contributed by atoms with Gasteiger partial charge in [0, 0.05) is 25.7 Å². The minimum atomic E-state index is -3.32. The van der Waals surface area contributed by atoms with Crippen molar-refractivity contribution in [2.75, 3.05) is 7.11 Å². The first kappa shape index (κ1) is 26.2. The molecule has 1 aliphatic rings. The van der Waals surface area contributed by atoms with E-state index in [9.17, 15) is 23.2 Å². The van der Waals surface area contributed by atoms with E-state index in [4.69, 9.17) is 4.74 Å². The van der Waals surface area contributed by atoms with Crippen molar-refractivity contribution in [3.63, 3.8) is 0 Å². The number of hydrogen-bond donors (Lipinski definition) is 0. The summed E-state index contributed by atoms with van der Waals surface area (Å²) in [5.41, 5.74) is 0. The number of halogens is 2. The lowest BCUT2D eigenvalue weighted by atomic mass is 9.88. The predicted molar refractivity (Wildman–Crippen MR) is 110 cm³/mol. The first-order valence-corrected chi connectivity index (χ1v) is 11.1. The summed E-state index contributed by atoms with van der Waals surface area (Å²) in [6.07, 6.45) is 8.87. The van der Waals surface area contributed by atoms with Crippen molar-refractivity contribution in [2.24, 2.45) is 11.8 Å². The Hall–Kier alpha value is -1.79. The Balaban J connectivity index is 2.61. The highest BCUT2D eigenvalue weighted by molar-refractivity contribution is 5.95. The van der Waals surface area contributed by atoms with Crippen LogP contribution in [0, 0.1) is 11.8 Å². The summed E-state index contributed by atoms with van der Waals surface area (Å²) in [5, 5.41) is 0. The van der Waals surface area contributed by atoms with E-state index in [-0.39, 0.29) is 29.9 Å². The Morgan fingerprint density at radius 1 is 1.07 bits per heavy atom. The SMILES string of the molecule is CCCCC(F)(F)C(=O)/C=C/[C@H]1CC[C@H](OC(C)=O)C1CCCCCCC(=O)OC. The fourth-order valence-electron chi connectivity index (χ4n) is 4.02. The van der Waals surface area contributed by atoms with Gasteiger partial charge in [0.15, 0.2) is 0 Å². The number of alkyl halides is 2. The molecule has 0 N–H and O–H groups in total. The number of esters is 2. The third-order valence-corrected chi connectivity index (χ3v) is 5.72. The molecule has 3 atom stereocenters. The van der Waals surface area contributed by atoms with Crippen LogP contribution < -0.4 is 0 Å². The minimum Gasteiger partial charge on any atom is -0.469 e. The molecular formula is C23H36F2O5. The Labute approximate surface area is 178 Å². The molecule has 1 rings (SSSR count). The van der Waals surface area contributed by atoms with E-state index in [0.717, 1.165) is 38.2 Å². The van der Waals surface area contributed by atoms with Crippen LogP contribution in [0.4, 0.5) is 8.78 Å². The zero-order chi connectivity index (χ0) is 22.6. The van der Waals surface area contributed by atoms with Gasteiger partial charge in [0.25, 0.3) is 0 Å². The second-order valence-electron chi connectivity index (χ2n) is 8.11. The monoisotopic (exact) mass is 430 g/mol. The summed E-state index contributed by atoms with van der Waals surface area (Å²) in [6, 6.07) is 0. The van der Waals surface area contributed by atoms with Crippen LogP contribution in [0.5, 0.6) is 0 Å². The molecule has 5 nitrogen and oxygen atoms in total. The van der Waals surface area contributed by atoms with Gasteiger partial charge in [-0.3, -0.25) is 14.4 Å². The highest BCUT2D eigenvalue weighted by Crippen LogP contribution is 2.39. The van der Waals surface area contributed by atoms with E-state index in [1.807, 2.05) is 6.92 Å². The van der Waals surface area contributed by atoms with Gasteiger partial charge in [0.2, 0.25) is 5.78 Å². The first-order valence-electron chi connectivity index (χ1n) is 11.1. The summed E-state index contributed by atoms with van der Waals surface area (Å²) in [4.78, 5) is 34.5. The molecule has 30 heavy (non-hydrogen) atoms. The van der Waals surface area contributed by atoms with Gasteiger partial charge in [0.05, 0.1) is 7.11 Å². The quantitative estimate of drug-likeness (QED) is 0.209. The topological polar surface area (TPSA) is 69.7 Å². The summed E-state index contributed by atoms with van der Waals surface area (Å²) >= 11 is 0. The normalized spacial score (nSPS) is 21.7. The number of carbonyl (C=O) groups is 3. The fourth-order valence-corrected chi connectivity index (χ4v) is 4.02. The molecule has 0 spiro atoms. The minimum absolute atomic E-state index is 0.0165. The highest BCUT2D eigenvalue weighted by atomic mass is 19.3. The number of carbonyl (C=O) groups excluding carboxylic acids is 3. The number of allylic oxidation sites excluding steroid dienone is 2. The molecule has 1 saturated carbocycles. The molecule has 0 saturated heterocycles. The second kappa shape index (κ2) is 13.5. The van der Waals surface area contributed by atoms with Gasteiger partial charge in [-0.15, -0.1) is 0 Å². The fraction of sp³-hybridized carbons (Fsp3) is 0.783. The lowest BCUT2D eigenvalue weighted by molar-refractivity contribution is -0.148. The second-order valence-corrected chi connectivity index (χ2v) is 8.11. The van der Waals surface area contributed by atoms with E-state index in [0.29, 0.717) is 32.1 Å². The van der Waals surface area contributed by atoms with Crippen molar-refractivity contribution in [3.8, 4) is 0 Å². The number of methoxy groups -OCH3 is 1. The molecule has 1 aliphatic carbocycles. The van der Waals surface area contributed by atoms with Crippen LogP contribution in [0.15, 0.2) is 12.2 Å². The Morgan fingerprint density at radius 3 is 2.40 bits per heavy atom. The molecule has 172 valence electrons. The lowest BCUT2D eigenvalue weighted by Gasteiger charge is -2.23. The Morgan fingerprint density at radius 2 is 1.77 bits per heavy atom. The standard InChI is InChI=1S/C23H36F2O5/c1-4-5-16-23(24,25)21(27)15-13-18-12-14-20(30-17(2)26)19(18)10-8-6-7-9-11-22(28)29-3/h13,15,18-20H,4-12,14,16H2,1-3H3/b15-13+/t18-,19?,20+/m1/s1. The van der Waals surface area contributed by atoms with Crippen molar-refractivity contribution in [1.29, 1.82) is 0 Å². The van der Waals surface area contributed by atoms with Gasteiger partial charge in [-0.2, -0.15) is 8.78 Å². The maximum Gasteiger partial charge on any atom is 0.309 e. The molecule has 7 heteroatoms. The molecule has 1 unspecified atom stereocenters. The molecule has 0 bridgehead atoms. The third kappa shape index (κ3) is 9.35. The van der Waals surface area contributed by atoms with Crippen molar-refractivity contribution in [2.45, 2.75) is 96.5 Å². The van der Waals surface area contributed by atoms with Gasteiger partial charge in [0.1, 0.15) is 6.10 Å². The van der Waals surface area contributed by atoms with Crippen molar-refractivity contribution < 1.29 is 32.6 Å². The number of ether oxygens (including phenoxy) is 2. The average molecular weight is 431 g/mol. The van der Waals surface area contributed by atoms with E-state index in [1.54, 1.807) is 6.08 Å². The maximum absolute atomic E-state index is 13.9. The molecule has 0 amide bonds. The maximum atomic E-state index is 13.9. The van der Waals surface area contributed by atoms with Gasteiger partial charge in [-0.25, -0.2) is 0 Å². The molecule has 0 radical (unpaired) electrons. The van der Waals surface area contributed by atoms with Crippen LogP contribution in [-0.2, 0) is 23.9 Å². The molecule has 0 aromatic heterocycles. The van der Waals surface area contributed by atoms with Crippen LogP contribution >= 0.6 is 0 Å². The van der Waals surface area contributed by atoms with Gasteiger partial charge in [-0.1, -0.05) is 38.7 Å². The number of unbranched alkanes of at least 4 members (excludes halogenated alkanes) is 4. The summed E-state index contributed by atoms with van der Waals surface area (Å²) in [5.74, 6) is -5.08. The van der Waals surface area contributed by atoms with Crippen LogP contribution in [0.1, 0.15) is 84.5 Å². The Kier molecular flexibility index (Phi) is 11.8. The third-order valence-electron chi connectivity index (χ3n) is 5.72. The molecule has 0 aromatic carbocycles. The molecule has 0 heterocycles. The largest absolute Gasteiger partial charge is 0.469 e. The van der Waals surface area contributed by atoms with Gasteiger partial charge in [-0.05, 0) is 44.1 Å². The predicted octanol–water partition coefficient (Wildman–Crippen LogP) is 5.41. The zero-order valence-corrected chi connectivity index (χ0v) is 18.5. The summed E-state index contributed by atoms with van der Waals surface area (Å²) < 4.78 is 37.9. The summed E-state index contributed by atoms with van der Waals surface area (Å²) in [7, 11) is 1.37. The van der Waals surface area contributed by atoms with E-state index >= 15 is 0 Å². The number of hydrogen-bond acceptors (Lipinski definition) is 5. The van der Waals surface area contributed by atoms with Crippen LogP contribution in [-0.4, -0.2) is 36.9 Å². The smallest absolute Gasteiger partial charge is 0.309 e. The Bertz CT molecular complexity index is 588. The number of ketones is 1. The zero-order valence-electron chi connectivity index (χ0n) is 18.5. The van der Waals surface area contributed by atoms with Gasteiger partial charge < -0.3 is 9.47 Å². The van der Waals surface area contributed by atoms with Gasteiger partial charge >= 0.3 is 17.9 Å². The average Bonchev–Trinajstić information content (AvgIpc) is 3.07. The number of rotatable bonds is 14.